The van der Waals surface area contributed by atoms with Crippen LogP contribution in [0.2, 0.25) is 0 Å². The first-order valence-corrected chi connectivity index (χ1v) is 7.72. The molecule has 8 heteroatoms. The number of rotatable bonds is 7. The molecule has 132 valence electrons. The van der Waals surface area contributed by atoms with Crippen molar-refractivity contribution in [3.63, 3.8) is 0 Å². The summed E-state index contributed by atoms with van der Waals surface area (Å²) in [4.78, 5) is 20.9. The number of hydrogen-bond donors (Lipinski definition) is 4. The summed E-state index contributed by atoms with van der Waals surface area (Å²) in [6, 6.07) is 6.22. The molecule has 0 bridgehead atoms. The second kappa shape index (κ2) is 9.64. The van der Waals surface area contributed by atoms with Crippen LogP contribution in [-0.2, 0) is 9.59 Å². The quantitative estimate of drug-likeness (QED) is 0.556. The molecule has 6 N–H and O–H groups in total. The third-order valence-electron chi connectivity index (χ3n) is 3.47. The Morgan fingerprint density at radius 2 is 1.88 bits per heavy atom. The number of carboxylic acids is 2. The number of nitrogens with two attached hydrogens (primary N) is 2. The topological polar surface area (TPSA) is 144 Å². The lowest BCUT2D eigenvalue weighted by molar-refractivity contribution is -0.141. The van der Waals surface area contributed by atoms with Crippen LogP contribution in [0.15, 0.2) is 30.5 Å². The lowest BCUT2D eigenvalue weighted by Crippen LogP contribution is -2.29. The second-order valence-corrected chi connectivity index (χ2v) is 5.41. The standard InChI is InChI=1S/C10H10N2O2.C6H14N2O2/c1-7(10(13)14)12-6-8-4-2-3-5-9(8)11-12;7-4-2-1-3-5(8)6(9)10/h2-7H,1H3,(H,13,14);5H,1-4,7-8H2,(H,9,10). The molecule has 0 fully saturated rings. The van der Waals surface area contributed by atoms with Gasteiger partial charge in [-0.25, -0.2) is 4.79 Å². The Morgan fingerprint density at radius 3 is 2.42 bits per heavy atom. The Bertz CT molecular complexity index is 638. The van der Waals surface area contributed by atoms with Gasteiger partial charge < -0.3 is 21.7 Å². The summed E-state index contributed by atoms with van der Waals surface area (Å²) in [7, 11) is 0. The normalized spacial score (nSPS) is 13.0. The van der Waals surface area contributed by atoms with Crippen LogP contribution >= 0.6 is 0 Å². The summed E-state index contributed by atoms with van der Waals surface area (Å²) in [6.45, 7) is 2.21. The lowest BCUT2D eigenvalue weighted by Gasteiger charge is -2.04. The number of aromatic nitrogens is 2. The van der Waals surface area contributed by atoms with E-state index in [1.54, 1.807) is 13.1 Å². The molecule has 0 aliphatic carbocycles. The van der Waals surface area contributed by atoms with Crippen molar-refractivity contribution in [2.24, 2.45) is 11.5 Å². The maximum absolute atomic E-state index is 10.7. The fourth-order valence-corrected chi connectivity index (χ4v) is 1.93. The van der Waals surface area contributed by atoms with E-state index in [2.05, 4.69) is 5.10 Å². The predicted molar refractivity (Wildman–Crippen MR) is 90.6 cm³/mol. The van der Waals surface area contributed by atoms with E-state index < -0.39 is 24.0 Å². The van der Waals surface area contributed by atoms with Crippen LogP contribution in [0.25, 0.3) is 10.9 Å². The van der Waals surface area contributed by atoms with Crippen LogP contribution in [0.5, 0.6) is 0 Å². The van der Waals surface area contributed by atoms with E-state index in [4.69, 9.17) is 21.7 Å². The molecule has 2 aromatic rings. The van der Waals surface area contributed by atoms with Crippen LogP contribution in [0.3, 0.4) is 0 Å². The summed E-state index contributed by atoms with van der Waals surface area (Å²) >= 11 is 0. The molecule has 0 saturated heterocycles. The highest BCUT2D eigenvalue weighted by Gasteiger charge is 2.14. The van der Waals surface area contributed by atoms with Crippen LogP contribution < -0.4 is 11.5 Å². The summed E-state index contributed by atoms with van der Waals surface area (Å²) in [5, 5.41) is 22.3. The first kappa shape index (κ1) is 19.6. The molecular weight excluding hydrogens is 312 g/mol. The fraction of sp³-hybridized carbons (Fsp3) is 0.438. The molecule has 1 aromatic carbocycles. The molecule has 2 unspecified atom stereocenters. The van der Waals surface area contributed by atoms with Gasteiger partial charge in [-0.3, -0.25) is 9.48 Å². The predicted octanol–water partition coefficient (Wildman–Crippen LogP) is 1.21. The monoisotopic (exact) mass is 336 g/mol. The Morgan fingerprint density at radius 1 is 1.21 bits per heavy atom. The lowest BCUT2D eigenvalue weighted by atomic mass is 10.1. The van der Waals surface area contributed by atoms with Crippen molar-refractivity contribution in [1.82, 2.24) is 9.78 Å². The van der Waals surface area contributed by atoms with Gasteiger partial charge >= 0.3 is 11.9 Å². The van der Waals surface area contributed by atoms with Gasteiger partial charge in [-0.2, -0.15) is 5.10 Å². The number of benzene rings is 1. The number of nitrogens with zero attached hydrogens (tertiary/aromatic N) is 2. The number of aliphatic carboxylic acids is 2. The second-order valence-electron chi connectivity index (χ2n) is 5.41. The molecule has 2 rings (SSSR count). The number of unbranched alkanes of at least 4 members (excludes halogenated alkanes) is 1. The molecule has 24 heavy (non-hydrogen) atoms. The maximum atomic E-state index is 10.7. The zero-order chi connectivity index (χ0) is 18.1. The van der Waals surface area contributed by atoms with Crippen LogP contribution in [0, 0.1) is 0 Å². The van der Waals surface area contributed by atoms with E-state index in [0.717, 1.165) is 23.7 Å². The number of carbonyl (C=O) groups is 2. The molecule has 0 radical (unpaired) electrons. The SMILES string of the molecule is CC(C(=O)O)n1cc2ccccc2n1.NCCCCC(N)C(=O)O. The van der Waals surface area contributed by atoms with Crippen molar-refractivity contribution >= 4 is 22.8 Å². The zero-order valence-corrected chi connectivity index (χ0v) is 13.6. The van der Waals surface area contributed by atoms with E-state index in [0.29, 0.717) is 13.0 Å². The van der Waals surface area contributed by atoms with Gasteiger partial charge in [0.15, 0.2) is 0 Å². The van der Waals surface area contributed by atoms with Crippen molar-refractivity contribution in [2.45, 2.75) is 38.3 Å². The molecule has 0 saturated carbocycles. The molecule has 8 nitrogen and oxygen atoms in total. The van der Waals surface area contributed by atoms with E-state index in [1.165, 1.54) is 4.68 Å². The van der Waals surface area contributed by atoms with E-state index >= 15 is 0 Å². The highest BCUT2D eigenvalue weighted by molar-refractivity contribution is 5.79. The van der Waals surface area contributed by atoms with Gasteiger partial charge in [0.05, 0.1) is 5.52 Å². The smallest absolute Gasteiger partial charge is 0.328 e. The Balaban J connectivity index is 0.000000257. The summed E-state index contributed by atoms with van der Waals surface area (Å²) in [6.07, 6.45) is 3.91. The van der Waals surface area contributed by atoms with E-state index in [1.807, 2.05) is 24.3 Å². The summed E-state index contributed by atoms with van der Waals surface area (Å²) < 4.78 is 1.47. The molecule has 1 aromatic heterocycles. The van der Waals surface area contributed by atoms with Gasteiger partial charge in [0.25, 0.3) is 0 Å². The van der Waals surface area contributed by atoms with Crippen LogP contribution in [0.4, 0.5) is 0 Å². The zero-order valence-electron chi connectivity index (χ0n) is 13.6. The number of fused-ring (bicyclic) bond motifs is 1. The minimum atomic E-state index is -0.933. The molecule has 0 spiro atoms. The van der Waals surface area contributed by atoms with Crippen LogP contribution in [0.1, 0.15) is 32.2 Å². The molecule has 0 aliphatic heterocycles. The average molecular weight is 336 g/mol. The third-order valence-corrected chi connectivity index (χ3v) is 3.47. The van der Waals surface area contributed by atoms with Crippen LogP contribution in [-0.4, -0.2) is 44.5 Å². The maximum Gasteiger partial charge on any atom is 0.328 e. The van der Waals surface area contributed by atoms with Crippen molar-refractivity contribution in [3.8, 4) is 0 Å². The first-order valence-electron chi connectivity index (χ1n) is 7.72. The Hall–Kier alpha value is -2.45. The average Bonchev–Trinajstić information content (AvgIpc) is 2.98. The summed E-state index contributed by atoms with van der Waals surface area (Å²) in [5.74, 6) is -1.81. The fourth-order valence-electron chi connectivity index (χ4n) is 1.93. The van der Waals surface area contributed by atoms with Gasteiger partial charge in [0.2, 0.25) is 0 Å². The van der Waals surface area contributed by atoms with E-state index in [9.17, 15) is 9.59 Å². The molecule has 1 heterocycles. The Labute approximate surface area is 140 Å². The number of carboxylic acid groups (broad SMARTS) is 2. The third kappa shape index (κ3) is 5.98. The molecule has 0 amide bonds. The number of hydrogen-bond acceptors (Lipinski definition) is 5. The Kier molecular flexibility index (Phi) is 7.87. The van der Waals surface area contributed by atoms with Crippen molar-refractivity contribution in [1.29, 1.82) is 0 Å². The van der Waals surface area contributed by atoms with Gasteiger partial charge in [-0.15, -0.1) is 0 Å². The molecular formula is C16H24N4O4. The highest BCUT2D eigenvalue weighted by Crippen LogP contribution is 2.14. The molecule has 0 aliphatic rings. The minimum absolute atomic E-state index is 0.520. The first-order chi connectivity index (χ1) is 11.4. The van der Waals surface area contributed by atoms with Gasteiger partial charge in [0, 0.05) is 11.6 Å². The highest BCUT2D eigenvalue weighted by atomic mass is 16.4. The van der Waals surface area contributed by atoms with Gasteiger partial charge in [0.1, 0.15) is 12.1 Å². The molecule has 2 atom stereocenters. The largest absolute Gasteiger partial charge is 0.480 e. The van der Waals surface area contributed by atoms with Gasteiger partial charge in [-0.05, 0) is 32.4 Å². The minimum Gasteiger partial charge on any atom is -0.480 e. The van der Waals surface area contributed by atoms with Crippen molar-refractivity contribution in [3.05, 3.63) is 30.5 Å². The van der Waals surface area contributed by atoms with Gasteiger partial charge in [-0.1, -0.05) is 24.6 Å². The van der Waals surface area contributed by atoms with Crippen molar-refractivity contribution in [2.75, 3.05) is 6.54 Å². The van der Waals surface area contributed by atoms with E-state index in [-0.39, 0.29) is 0 Å². The summed E-state index contributed by atoms with van der Waals surface area (Å²) in [5.41, 5.74) is 11.2. The van der Waals surface area contributed by atoms with Crippen molar-refractivity contribution < 1.29 is 19.8 Å².